The van der Waals surface area contributed by atoms with E-state index < -0.39 is 6.09 Å². The number of hydrogen-bond acceptors (Lipinski definition) is 2. The summed E-state index contributed by atoms with van der Waals surface area (Å²) in [5, 5.41) is 11.4. The van der Waals surface area contributed by atoms with Crippen LogP contribution in [-0.2, 0) is 0 Å². The molecule has 17 heavy (non-hydrogen) atoms. The molecule has 0 spiro atoms. The van der Waals surface area contributed by atoms with Crippen molar-refractivity contribution in [3.63, 3.8) is 0 Å². The molecule has 0 bridgehead atoms. The van der Waals surface area contributed by atoms with Crippen molar-refractivity contribution in [2.45, 2.75) is 32.9 Å². The molecule has 1 rings (SSSR count). The average Bonchev–Trinajstić information content (AvgIpc) is 2.24. The van der Waals surface area contributed by atoms with Crippen LogP contribution in [0.4, 0.5) is 4.79 Å². The van der Waals surface area contributed by atoms with Gasteiger partial charge in [0.05, 0.1) is 12.1 Å². The topological polar surface area (TPSA) is 75.3 Å². The van der Waals surface area contributed by atoms with Crippen LogP contribution in [0, 0.1) is 5.41 Å². The number of nitrogens with one attached hydrogen (secondary N) is 1. The summed E-state index contributed by atoms with van der Waals surface area (Å²) in [6.45, 7) is 5.91. The van der Waals surface area contributed by atoms with Crippen molar-refractivity contribution in [1.29, 1.82) is 0 Å². The van der Waals surface area contributed by atoms with E-state index in [2.05, 4.69) is 5.32 Å². The van der Waals surface area contributed by atoms with E-state index in [9.17, 15) is 4.79 Å². The van der Waals surface area contributed by atoms with Gasteiger partial charge in [0.25, 0.3) is 0 Å². The summed E-state index contributed by atoms with van der Waals surface area (Å²) in [7, 11) is 0. The average molecular weight is 236 g/mol. The minimum absolute atomic E-state index is 0.242. The highest BCUT2D eigenvalue weighted by Gasteiger charge is 2.32. The molecule has 0 radical (unpaired) electrons. The molecular formula is C13H20N2O2. The zero-order valence-electron chi connectivity index (χ0n) is 10.5. The largest absolute Gasteiger partial charge is 0.465 e. The van der Waals surface area contributed by atoms with Crippen LogP contribution in [0.15, 0.2) is 30.3 Å². The van der Waals surface area contributed by atoms with Crippen molar-refractivity contribution in [2.75, 3.05) is 0 Å². The number of benzene rings is 1. The highest BCUT2D eigenvalue weighted by Crippen LogP contribution is 2.28. The Morgan fingerprint density at radius 2 is 1.82 bits per heavy atom. The van der Waals surface area contributed by atoms with Gasteiger partial charge in [-0.25, -0.2) is 4.79 Å². The molecule has 0 fully saturated rings. The molecule has 0 heterocycles. The molecule has 0 aromatic heterocycles. The maximum atomic E-state index is 10.8. The van der Waals surface area contributed by atoms with Crippen molar-refractivity contribution in [1.82, 2.24) is 5.32 Å². The van der Waals surface area contributed by atoms with Crippen molar-refractivity contribution in [3.05, 3.63) is 35.9 Å². The summed E-state index contributed by atoms with van der Waals surface area (Å²) in [5.41, 5.74) is 6.84. The molecule has 4 nitrogen and oxygen atoms in total. The van der Waals surface area contributed by atoms with E-state index in [1.54, 1.807) is 0 Å². The van der Waals surface area contributed by atoms with Gasteiger partial charge in [-0.05, 0) is 11.0 Å². The first-order valence-corrected chi connectivity index (χ1v) is 5.62. The summed E-state index contributed by atoms with van der Waals surface area (Å²) in [6, 6.07) is 8.84. The summed E-state index contributed by atoms with van der Waals surface area (Å²) < 4.78 is 0. The number of rotatable bonds is 3. The Labute approximate surface area is 102 Å². The van der Waals surface area contributed by atoms with E-state index in [0.717, 1.165) is 5.56 Å². The van der Waals surface area contributed by atoms with E-state index in [-0.39, 0.29) is 17.5 Å². The highest BCUT2D eigenvalue weighted by atomic mass is 16.4. The zero-order chi connectivity index (χ0) is 13.1. The predicted octanol–water partition coefficient (Wildman–Crippen LogP) is 2.37. The summed E-state index contributed by atoms with van der Waals surface area (Å²) >= 11 is 0. The molecule has 0 aliphatic heterocycles. The maximum Gasteiger partial charge on any atom is 0.404 e. The third-order valence-corrected chi connectivity index (χ3v) is 2.76. The zero-order valence-corrected chi connectivity index (χ0v) is 10.5. The monoisotopic (exact) mass is 236 g/mol. The lowest BCUT2D eigenvalue weighted by Gasteiger charge is -2.35. The van der Waals surface area contributed by atoms with Gasteiger partial charge in [-0.2, -0.15) is 0 Å². The molecule has 1 aromatic carbocycles. The molecule has 2 unspecified atom stereocenters. The molecule has 4 heteroatoms. The quantitative estimate of drug-likeness (QED) is 0.754. The van der Waals surface area contributed by atoms with Crippen molar-refractivity contribution >= 4 is 6.09 Å². The summed E-state index contributed by atoms with van der Waals surface area (Å²) in [4.78, 5) is 10.8. The van der Waals surface area contributed by atoms with Crippen LogP contribution in [0.3, 0.4) is 0 Å². The van der Waals surface area contributed by atoms with Crippen molar-refractivity contribution < 1.29 is 9.90 Å². The van der Waals surface area contributed by atoms with Crippen LogP contribution in [0.5, 0.6) is 0 Å². The first-order valence-electron chi connectivity index (χ1n) is 5.62. The highest BCUT2D eigenvalue weighted by molar-refractivity contribution is 5.65. The Morgan fingerprint density at radius 1 is 1.29 bits per heavy atom. The van der Waals surface area contributed by atoms with E-state index in [1.807, 2.05) is 51.1 Å². The Bertz CT molecular complexity index is 371. The lowest BCUT2D eigenvalue weighted by atomic mass is 9.80. The van der Waals surface area contributed by atoms with Gasteiger partial charge in [-0.15, -0.1) is 0 Å². The molecule has 94 valence electrons. The molecule has 0 aliphatic carbocycles. The summed E-state index contributed by atoms with van der Waals surface area (Å²) in [6.07, 6.45) is -1.05. The van der Waals surface area contributed by atoms with Crippen molar-refractivity contribution in [3.8, 4) is 0 Å². The molecule has 0 saturated heterocycles. The lowest BCUT2D eigenvalue weighted by Crippen LogP contribution is -2.49. The molecule has 0 aliphatic rings. The fourth-order valence-electron chi connectivity index (χ4n) is 1.85. The van der Waals surface area contributed by atoms with E-state index in [1.165, 1.54) is 0 Å². The standard InChI is InChI=1S/C13H20N2O2/c1-13(2,3)11(15-12(16)17)10(14)9-7-5-4-6-8-9/h4-8,10-11,15H,14H2,1-3H3,(H,16,17). The normalized spacial score (nSPS) is 15.1. The van der Waals surface area contributed by atoms with Crippen LogP contribution in [-0.4, -0.2) is 17.2 Å². The van der Waals surface area contributed by atoms with Gasteiger partial charge in [0.1, 0.15) is 0 Å². The number of carbonyl (C=O) groups is 1. The second-order valence-electron chi connectivity index (χ2n) is 5.23. The number of hydrogen-bond donors (Lipinski definition) is 3. The first kappa shape index (κ1) is 13.5. The van der Waals surface area contributed by atoms with Crippen LogP contribution < -0.4 is 11.1 Å². The maximum absolute atomic E-state index is 10.8. The Balaban J connectivity index is 2.95. The third kappa shape index (κ3) is 3.75. The second-order valence-corrected chi connectivity index (χ2v) is 5.23. The Hall–Kier alpha value is -1.55. The van der Waals surface area contributed by atoms with Gasteiger partial charge >= 0.3 is 6.09 Å². The van der Waals surface area contributed by atoms with Gasteiger partial charge in [0.15, 0.2) is 0 Å². The van der Waals surface area contributed by atoms with Crippen LogP contribution in [0.1, 0.15) is 32.4 Å². The van der Waals surface area contributed by atoms with Crippen LogP contribution in [0.25, 0.3) is 0 Å². The van der Waals surface area contributed by atoms with E-state index >= 15 is 0 Å². The second kappa shape index (κ2) is 5.19. The van der Waals surface area contributed by atoms with Crippen molar-refractivity contribution in [2.24, 2.45) is 11.1 Å². The molecule has 1 amide bonds. The smallest absolute Gasteiger partial charge is 0.404 e. The fourth-order valence-corrected chi connectivity index (χ4v) is 1.85. The first-order chi connectivity index (χ1) is 7.82. The minimum atomic E-state index is -1.05. The molecular weight excluding hydrogens is 216 g/mol. The van der Waals surface area contributed by atoms with Gasteiger partial charge in [0.2, 0.25) is 0 Å². The summed E-state index contributed by atoms with van der Waals surface area (Å²) in [5.74, 6) is 0. The fraction of sp³-hybridized carbons (Fsp3) is 0.462. The van der Waals surface area contributed by atoms with Crippen LogP contribution >= 0.6 is 0 Å². The SMILES string of the molecule is CC(C)(C)C(NC(=O)O)C(N)c1ccccc1. The molecule has 1 aromatic rings. The van der Waals surface area contributed by atoms with Gasteiger partial charge < -0.3 is 16.2 Å². The number of amides is 1. The Kier molecular flexibility index (Phi) is 4.12. The van der Waals surface area contributed by atoms with E-state index in [0.29, 0.717) is 0 Å². The molecule has 0 saturated carbocycles. The van der Waals surface area contributed by atoms with Gasteiger partial charge in [-0.1, -0.05) is 51.1 Å². The number of nitrogens with two attached hydrogens (primary N) is 1. The predicted molar refractivity (Wildman–Crippen MR) is 67.8 cm³/mol. The van der Waals surface area contributed by atoms with Gasteiger partial charge in [-0.3, -0.25) is 0 Å². The third-order valence-electron chi connectivity index (χ3n) is 2.76. The van der Waals surface area contributed by atoms with Gasteiger partial charge in [0, 0.05) is 0 Å². The molecule has 4 N–H and O–H groups in total. The molecule has 2 atom stereocenters. The van der Waals surface area contributed by atoms with Crippen LogP contribution in [0.2, 0.25) is 0 Å². The lowest BCUT2D eigenvalue weighted by molar-refractivity contribution is 0.166. The Morgan fingerprint density at radius 3 is 2.24 bits per heavy atom. The number of carboxylic acid groups (broad SMARTS) is 1. The minimum Gasteiger partial charge on any atom is -0.465 e. The van der Waals surface area contributed by atoms with E-state index in [4.69, 9.17) is 10.8 Å².